The van der Waals surface area contributed by atoms with Crippen molar-refractivity contribution in [2.24, 2.45) is 5.92 Å². The molecule has 0 spiro atoms. The Bertz CT molecular complexity index is 537. The van der Waals surface area contributed by atoms with Gasteiger partial charge in [0.05, 0.1) is 17.9 Å². The minimum atomic E-state index is 0.664. The molecule has 0 amide bonds. The molecule has 0 atom stereocenters. The van der Waals surface area contributed by atoms with Gasteiger partial charge in [-0.2, -0.15) is 0 Å². The lowest BCUT2D eigenvalue weighted by molar-refractivity contribution is 0.547. The first kappa shape index (κ1) is 15.5. The van der Waals surface area contributed by atoms with E-state index in [2.05, 4.69) is 73.6 Å². The first-order chi connectivity index (χ1) is 10.1. The molecule has 0 unspecified atom stereocenters. The van der Waals surface area contributed by atoms with Gasteiger partial charge in [0.25, 0.3) is 0 Å². The summed E-state index contributed by atoms with van der Waals surface area (Å²) in [6.07, 6.45) is 0. The summed E-state index contributed by atoms with van der Waals surface area (Å²) < 4.78 is 0. The second kappa shape index (κ2) is 7.79. The molecular weight excluding hydrogens is 258 g/mol. The Kier molecular flexibility index (Phi) is 5.76. The number of benzene rings is 1. The SMILES string of the molecule is CC(C)CNCc1cccc(CN(C)c2ccccc2)n1. The Morgan fingerprint density at radius 2 is 1.71 bits per heavy atom. The van der Waals surface area contributed by atoms with Crippen LogP contribution in [-0.2, 0) is 13.1 Å². The Hall–Kier alpha value is -1.87. The van der Waals surface area contributed by atoms with E-state index < -0.39 is 0 Å². The molecule has 3 heteroatoms. The first-order valence-corrected chi connectivity index (χ1v) is 7.57. The van der Waals surface area contributed by atoms with E-state index in [0.29, 0.717) is 5.92 Å². The maximum atomic E-state index is 4.73. The molecule has 1 N–H and O–H groups in total. The van der Waals surface area contributed by atoms with E-state index >= 15 is 0 Å². The molecule has 0 aliphatic carbocycles. The van der Waals surface area contributed by atoms with E-state index in [1.165, 1.54) is 5.69 Å². The van der Waals surface area contributed by atoms with Crippen molar-refractivity contribution in [2.45, 2.75) is 26.9 Å². The van der Waals surface area contributed by atoms with Crippen LogP contribution in [0.4, 0.5) is 5.69 Å². The van der Waals surface area contributed by atoms with Crippen LogP contribution in [0.2, 0.25) is 0 Å². The Morgan fingerprint density at radius 3 is 2.43 bits per heavy atom. The van der Waals surface area contributed by atoms with E-state index in [1.54, 1.807) is 0 Å². The molecule has 0 radical (unpaired) electrons. The van der Waals surface area contributed by atoms with E-state index in [0.717, 1.165) is 31.0 Å². The molecule has 1 heterocycles. The zero-order valence-electron chi connectivity index (χ0n) is 13.2. The molecule has 0 saturated carbocycles. The lowest BCUT2D eigenvalue weighted by Gasteiger charge is -2.19. The van der Waals surface area contributed by atoms with Gasteiger partial charge >= 0.3 is 0 Å². The molecule has 0 aliphatic rings. The topological polar surface area (TPSA) is 28.2 Å². The van der Waals surface area contributed by atoms with Crippen LogP contribution in [-0.4, -0.2) is 18.6 Å². The zero-order valence-corrected chi connectivity index (χ0v) is 13.2. The van der Waals surface area contributed by atoms with Crippen molar-refractivity contribution in [2.75, 3.05) is 18.5 Å². The van der Waals surface area contributed by atoms with E-state index in [1.807, 2.05) is 6.07 Å². The van der Waals surface area contributed by atoms with Crippen molar-refractivity contribution in [3.8, 4) is 0 Å². The molecule has 0 aliphatic heterocycles. The normalized spacial score (nSPS) is 10.9. The van der Waals surface area contributed by atoms with Crippen LogP contribution in [0.1, 0.15) is 25.2 Å². The van der Waals surface area contributed by atoms with Crippen molar-refractivity contribution >= 4 is 5.69 Å². The second-order valence-electron chi connectivity index (χ2n) is 5.84. The van der Waals surface area contributed by atoms with Gasteiger partial charge in [-0.3, -0.25) is 4.98 Å². The highest BCUT2D eigenvalue weighted by Gasteiger charge is 2.04. The van der Waals surface area contributed by atoms with Gasteiger partial charge in [-0.05, 0) is 36.7 Å². The number of pyridine rings is 1. The summed E-state index contributed by atoms with van der Waals surface area (Å²) in [7, 11) is 2.10. The van der Waals surface area contributed by atoms with Crippen molar-refractivity contribution in [3.63, 3.8) is 0 Å². The molecule has 1 aromatic heterocycles. The standard InChI is InChI=1S/C18H25N3/c1-15(2)12-19-13-16-8-7-9-17(20-16)14-21(3)18-10-5-4-6-11-18/h4-11,15,19H,12-14H2,1-3H3. The predicted molar refractivity (Wildman–Crippen MR) is 89.3 cm³/mol. The summed E-state index contributed by atoms with van der Waals surface area (Å²) in [5.41, 5.74) is 3.42. The maximum Gasteiger partial charge on any atom is 0.0600 e. The second-order valence-corrected chi connectivity index (χ2v) is 5.84. The number of nitrogens with zero attached hydrogens (tertiary/aromatic N) is 2. The van der Waals surface area contributed by atoms with Crippen LogP contribution < -0.4 is 10.2 Å². The highest BCUT2D eigenvalue weighted by atomic mass is 15.1. The monoisotopic (exact) mass is 283 g/mol. The molecule has 2 rings (SSSR count). The highest BCUT2D eigenvalue weighted by molar-refractivity contribution is 5.45. The van der Waals surface area contributed by atoms with Crippen LogP contribution >= 0.6 is 0 Å². The van der Waals surface area contributed by atoms with Crippen LogP contribution in [0.25, 0.3) is 0 Å². The lowest BCUT2D eigenvalue weighted by Crippen LogP contribution is -2.21. The molecule has 112 valence electrons. The van der Waals surface area contributed by atoms with Crippen molar-refractivity contribution in [1.29, 1.82) is 0 Å². The number of hydrogen-bond donors (Lipinski definition) is 1. The van der Waals surface area contributed by atoms with Gasteiger partial charge in [-0.15, -0.1) is 0 Å². The van der Waals surface area contributed by atoms with Crippen molar-refractivity contribution in [1.82, 2.24) is 10.3 Å². The Morgan fingerprint density at radius 1 is 1.00 bits per heavy atom. The van der Waals surface area contributed by atoms with Gasteiger partial charge in [-0.1, -0.05) is 38.1 Å². The molecular formula is C18H25N3. The lowest BCUT2D eigenvalue weighted by atomic mass is 10.2. The molecule has 1 aromatic carbocycles. The molecule has 0 saturated heterocycles. The summed E-state index contributed by atoms with van der Waals surface area (Å²) in [4.78, 5) is 6.95. The van der Waals surface area contributed by atoms with E-state index in [-0.39, 0.29) is 0 Å². The number of aromatic nitrogens is 1. The third-order valence-electron chi connectivity index (χ3n) is 3.32. The van der Waals surface area contributed by atoms with Gasteiger partial charge in [-0.25, -0.2) is 0 Å². The summed E-state index contributed by atoms with van der Waals surface area (Å²) in [6.45, 7) is 7.11. The van der Waals surface area contributed by atoms with E-state index in [4.69, 9.17) is 4.98 Å². The largest absolute Gasteiger partial charge is 0.369 e. The first-order valence-electron chi connectivity index (χ1n) is 7.57. The number of hydrogen-bond acceptors (Lipinski definition) is 3. The molecule has 21 heavy (non-hydrogen) atoms. The number of para-hydroxylation sites is 1. The van der Waals surface area contributed by atoms with Gasteiger partial charge < -0.3 is 10.2 Å². The predicted octanol–water partition coefficient (Wildman–Crippen LogP) is 3.46. The summed E-state index contributed by atoms with van der Waals surface area (Å²) in [6, 6.07) is 16.7. The smallest absolute Gasteiger partial charge is 0.0600 e. The molecule has 0 fully saturated rings. The average molecular weight is 283 g/mol. The van der Waals surface area contributed by atoms with Crippen molar-refractivity contribution in [3.05, 3.63) is 59.9 Å². The highest BCUT2D eigenvalue weighted by Crippen LogP contribution is 2.13. The van der Waals surface area contributed by atoms with Gasteiger partial charge in [0.15, 0.2) is 0 Å². The van der Waals surface area contributed by atoms with Crippen LogP contribution in [0.5, 0.6) is 0 Å². The van der Waals surface area contributed by atoms with Crippen LogP contribution in [0.3, 0.4) is 0 Å². The fourth-order valence-electron chi connectivity index (χ4n) is 2.22. The number of anilines is 1. The van der Waals surface area contributed by atoms with Gasteiger partial charge in [0.2, 0.25) is 0 Å². The average Bonchev–Trinajstić information content (AvgIpc) is 2.48. The summed E-state index contributed by atoms with van der Waals surface area (Å²) in [5, 5.41) is 3.44. The van der Waals surface area contributed by atoms with Gasteiger partial charge in [0, 0.05) is 19.3 Å². The summed E-state index contributed by atoms with van der Waals surface area (Å²) >= 11 is 0. The third-order valence-corrected chi connectivity index (χ3v) is 3.32. The Labute approximate surface area is 128 Å². The van der Waals surface area contributed by atoms with E-state index in [9.17, 15) is 0 Å². The third kappa shape index (κ3) is 5.20. The minimum Gasteiger partial charge on any atom is -0.369 e. The molecule has 0 bridgehead atoms. The minimum absolute atomic E-state index is 0.664. The quantitative estimate of drug-likeness (QED) is 0.843. The Balaban J connectivity index is 1.94. The molecule has 3 nitrogen and oxygen atoms in total. The summed E-state index contributed by atoms with van der Waals surface area (Å²) in [5.74, 6) is 0.664. The van der Waals surface area contributed by atoms with Crippen LogP contribution in [0.15, 0.2) is 48.5 Å². The molecule has 2 aromatic rings. The number of nitrogens with one attached hydrogen (secondary N) is 1. The van der Waals surface area contributed by atoms with Crippen LogP contribution in [0, 0.1) is 5.92 Å². The fourth-order valence-corrected chi connectivity index (χ4v) is 2.22. The van der Waals surface area contributed by atoms with Gasteiger partial charge in [0.1, 0.15) is 0 Å². The fraction of sp³-hybridized carbons (Fsp3) is 0.389. The maximum absolute atomic E-state index is 4.73. The van der Waals surface area contributed by atoms with Crippen molar-refractivity contribution < 1.29 is 0 Å². The zero-order chi connectivity index (χ0) is 15.1. The number of rotatable bonds is 7.